The summed E-state index contributed by atoms with van der Waals surface area (Å²) in [6, 6.07) is 16.0. The summed E-state index contributed by atoms with van der Waals surface area (Å²) in [5.41, 5.74) is 2.20. The van der Waals surface area contributed by atoms with E-state index in [0.717, 1.165) is 29.9 Å². The number of fused-ring (bicyclic) bond motifs is 1. The zero-order valence-electron chi connectivity index (χ0n) is 13.2. The maximum Gasteiger partial charge on any atom is 0.217 e. The van der Waals surface area contributed by atoms with Crippen LogP contribution in [0.15, 0.2) is 48.5 Å². The molecular weight excluding hydrogens is 290 g/mol. The van der Waals surface area contributed by atoms with Crippen molar-refractivity contribution in [2.24, 2.45) is 0 Å². The van der Waals surface area contributed by atoms with E-state index in [9.17, 15) is 4.79 Å². The van der Waals surface area contributed by atoms with Crippen molar-refractivity contribution in [1.82, 2.24) is 5.32 Å². The molecule has 1 aliphatic rings. The summed E-state index contributed by atoms with van der Waals surface area (Å²) in [5, 5.41) is 3.03. The van der Waals surface area contributed by atoms with E-state index in [1.165, 1.54) is 5.56 Å². The molecule has 0 spiro atoms. The minimum Gasteiger partial charge on any atom is -0.490 e. The van der Waals surface area contributed by atoms with Gasteiger partial charge in [-0.25, -0.2) is 0 Å². The fourth-order valence-electron chi connectivity index (χ4n) is 2.74. The maximum atomic E-state index is 11.6. The van der Waals surface area contributed by atoms with Gasteiger partial charge in [0.1, 0.15) is 0 Å². The Hall–Kier alpha value is -2.49. The Kier molecular flexibility index (Phi) is 4.81. The highest BCUT2D eigenvalue weighted by molar-refractivity contribution is 5.73. The lowest BCUT2D eigenvalue weighted by molar-refractivity contribution is -0.119. The highest BCUT2D eigenvalue weighted by Crippen LogP contribution is 2.33. The third kappa shape index (κ3) is 4.03. The van der Waals surface area contributed by atoms with Gasteiger partial charge in [0.25, 0.3) is 0 Å². The Morgan fingerprint density at radius 1 is 1.09 bits per heavy atom. The molecule has 2 aromatic carbocycles. The van der Waals surface area contributed by atoms with Crippen LogP contribution < -0.4 is 14.8 Å². The minimum absolute atomic E-state index is 0.0435. The van der Waals surface area contributed by atoms with Crippen LogP contribution in [0.1, 0.15) is 30.5 Å². The second kappa shape index (κ2) is 7.18. The van der Waals surface area contributed by atoms with E-state index in [4.69, 9.17) is 9.47 Å². The Morgan fingerprint density at radius 3 is 2.57 bits per heavy atom. The van der Waals surface area contributed by atoms with Crippen LogP contribution in [0, 0.1) is 0 Å². The number of carbonyl (C=O) groups is 1. The van der Waals surface area contributed by atoms with E-state index in [2.05, 4.69) is 17.4 Å². The Morgan fingerprint density at radius 2 is 1.83 bits per heavy atom. The molecule has 4 nitrogen and oxygen atoms in total. The molecule has 1 aliphatic heterocycles. The number of benzene rings is 2. The zero-order chi connectivity index (χ0) is 16.1. The van der Waals surface area contributed by atoms with Crippen LogP contribution >= 0.6 is 0 Å². The molecular formula is C19H21NO3. The summed E-state index contributed by atoms with van der Waals surface area (Å²) < 4.78 is 11.4. The number of carbonyl (C=O) groups excluding carboxylic acids is 1. The first kappa shape index (κ1) is 15.4. The predicted molar refractivity (Wildman–Crippen MR) is 88.8 cm³/mol. The average molecular weight is 311 g/mol. The monoisotopic (exact) mass is 311 g/mol. The molecule has 0 saturated heterocycles. The smallest absolute Gasteiger partial charge is 0.217 e. The summed E-state index contributed by atoms with van der Waals surface area (Å²) in [6.45, 7) is 2.87. The largest absolute Gasteiger partial charge is 0.490 e. The number of amides is 1. The van der Waals surface area contributed by atoms with Gasteiger partial charge in [-0.15, -0.1) is 0 Å². The molecule has 2 aromatic rings. The number of ether oxygens (including phenoxy) is 2. The summed E-state index contributed by atoms with van der Waals surface area (Å²) in [7, 11) is 0. The summed E-state index contributed by atoms with van der Waals surface area (Å²) in [6.07, 6.45) is 1.61. The van der Waals surface area contributed by atoms with Crippen molar-refractivity contribution in [2.75, 3.05) is 13.2 Å². The van der Waals surface area contributed by atoms with Crippen LogP contribution in [0.25, 0.3) is 0 Å². The third-order valence-corrected chi connectivity index (χ3v) is 3.83. The standard InChI is InChI=1S/C19H21NO3/c1-14(21)20-17(12-15-6-3-2-4-7-15)16-8-9-18-19(13-16)23-11-5-10-22-18/h2-4,6-9,13,17H,5,10-12H2,1H3,(H,20,21). The normalized spacial score (nSPS) is 14.7. The first-order valence-corrected chi connectivity index (χ1v) is 7.93. The lowest BCUT2D eigenvalue weighted by atomic mass is 9.98. The van der Waals surface area contributed by atoms with Crippen LogP contribution in [-0.2, 0) is 11.2 Å². The fourth-order valence-corrected chi connectivity index (χ4v) is 2.74. The first-order valence-electron chi connectivity index (χ1n) is 7.93. The van der Waals surface area contributed by atoms with Gasteiger partial charge in [0.15, 0.2) is 11.5 Å². The summed E-state index contributed by atoms with van der Waals surface area (Å²) in [4.78, 5) is 11.6. The molecule has 1 unspecified atom stereocenters. The first-order chi connectivity index (χ1) is 11.2. The lowest BCUT2D eigenvalue weighted by Crippen LogP contribution is -2.27. The van der Waals surface area contributed by atoms with Crippen molar-refractivity contribution in [3.8, 4) is 11.5 Å². The third-order valence-electron chi connectivity index (χ3n) is 3.83. The van der Waals surface area contributed by atoms with Crippen molar-refractivity contribution in [3.63, 3.8) is 0 Å². The predicted octanol–water partition coefficient (Wildman–Crippen LogP) is 3.27. The fraction of sp³-hybridized carbons (Fsp3) is 0.316. The molecule has 120 valence electrons. The van der Waals surface area contributed by atoms with Gasteiger partial charge in [-0.05, 0) is 29.7 Å². The molecule has 0 saturated carbocycles. The van der Waals surface area contributed by atoms with Crippen LogP contribution in [0.5, 0.6) is 11.5 Å². The van der Waals surface area contributed by atoms with Crippen LogP contribution in [0.2, 0.25) is 0 Å². The molecule has 4 heteroatoms. The van der Waals surface area contributed by atoms with Crippen molar-refractivity contribution in [1.29, 1.82) is 0 Å². The minimum atomic E-state index is -0.0907. The molecule has 0 fully saturated rings. The Bertz CT molecular complexity index is 670. The highest BCUT2D eigenvalue weighted by atomic mass is 16.5. The van der Waals surface area contributed by atoms with Gasteiger partial charge >= 0.3 is 0 Å². The molecule has 1 atom stereocenters. The van der Waals surface area contributed by atoms with E-state index in [0.29, 0.717) is 13.2 Å². The quantitative estimate of drug-likeness (QED) is 0.942. The molecule has 0 bridgehead atoms. The second-order valence-electron chi connectivity index (χ2n) is 5.70. The second-order valence-corrected chi connectivity index (χ2v) is 5.70. The van der Waals surface area contributed by atoms with Crippen LogP contribution in [-0.4, -0.2) is 19.1 Å². The van der Waals surface area contributed by atoms with Gasteiger partial charge in [-0.1, -0.05) is 36.4 Å². The van der Waals surface area contributed by atoms with Crippen molar-refractivity contribution < 1.29 is 14.3 Å². The van der Waals surface area contributed by atoms with E-state index < -0.39 is 0 Å². The zero-order valence-corrected chi connectivity index (χ0v) is 13.2. The van der Waals surface area contributed by atoms with Crippen LogP contribution in [0.3, 0.4) is 0 Å². The molecule has 3 rings (SSSR count). The van der Waals surface area contributed by atoms with Gasteiger partial charge in [0, 0.05) is 13.3 Å². The van der Waals surface area contributed by atoms with Gasteiger partial charge in [-0.3, -0.25) is 4.79 Å². The van der Waals surface area contributed by atoms with Crippen molar-refractivity contribution in [3.05, 3.63) is 59.7 Å². The van der Waals surface area contributed by atoms with Gasteiger partial charge < -0.3 is 14.8 Å². The Balaban J connectivity index is 1.87. The van der Waals surface area contributed by atoms with Gasteiger partial charge in [0.2, 0.25) is 5.91 Å². The molecule has 23 heavy (non-hydrogen) atoms. The van der Waals surface area contributed by atoms with Crippen molar-refractivity contribution >= 4 is 5.91 Å². The van der Waals surface area contributed by atoms with E-state index >= 15 is 0 Å². The van der Waals surface area contributed by atoms with E-state index in [1.807, 2.05) is 36.4 Å². The molecule has 1 heterocycles. The topological polar surface area (TPSA) is 47.6 Å². The van der Waals surface area contributed by atoms with E-state index in [1.54, 1.807) is 6.92 Å². The lowest BCUT2D eigenvalue weighted by Gasteiger charge is -2.20. The summed E-state index contributed by atoms with van der Waals surface area (Å²) in [5.74, 6) is 1.48. The average Bonchev–Trinajstić information content (AvgIpc) is 2.79. The summed E-state index contributed by atoms with van der Waals surface area (Å²) >= 11 is 0. The molecule has 0 aromatic heterocycles. The highest BCUT2D eigenvalue weighted by Gasteiger charge is 2.17. The van der Waals surface area contributed by atoms with Gasteiger partial charge in [-0.2, -0.15) is 0 Å². The molecule has 0 radical (unpaired) electrons. The number of hydrogen-bond donors (Lipinski definition) is 1. The van der Waals surface area contributed by atoms with Gasteiger partial charge in [0.05, 0.1) is 19.3 Å². The molecule has 1 N–H and O–H groups in total. The number of rotatable bonds is 4. The van der Waals surface area contributed by atoms with Crippen LogP contribution in [0.4, 0.5) is 0 Å². The SMILES string of the molecule is CC(=O)NC(Cc1ccccc1)c1ccc2c(c1)OCCCO2. The number of nitrogens with one attached hydrogen (secondary N) is 1. The van der Waals surface area contributed by atoms with Crippen molar-refractivity contribution in [2.45, 2.75) is 25.8 Å². The Labute approximate surface area is 136 Å². The maximum absolute atomic E-state index is 11.6. The number of hydrogen-bond acceptors (Lipinski definition) is 3. The van der Waals surface area contributed by atoms with E-state index in [-0.39, 0.29) is 11.9 Å². The molecule has 0 aliphatic carbocycles. The molecule has 1 amide bonds.